The molecule has 0 aromatic carbocycles. The van der Waals surface area contributed by atoms with Gasteiger partial charge in [0, 0.05) is 18.0 Å². The van der Waals surface area contributed by atoms with E-state index in [2.05, 4.69) is 5.32 Å². The van der Waals surface area contributed by atoms with Crippen LogP contribution >= 0.6 is 0 Å². The van der Waals surface area contributed by atoms with E-state index < -0.39 is 6.10 Å². The fraction of sp³-hybridized carbons (Fsp3) is 0.583. The van der Waals surface area contributed by atoms with Gasteiger partial charge >= 0.3 is 0 Å². The third kappa shape index (κ3) is 2.64. The lowest BCUT2D eigenvalue weighted by molar-refractivity contribution is -0.127. The SMILES string of the molecule is O=C(NCC[C@@H](O)c1ccoc1)C1CCC1. The van der Waals surface area contributed by atoms with Crippen LogP contribution in [0.25, 0.3) is 0 Å². The van der Waals surface area contributed by atoms with Crippen molar-refractivity contribution in [3.63, 3.8) is 0 Å². The van der Waals surface area contributed by atoms with Gasteiger partial charge in [-0.3, -0.25) is 4.79 Å². The molecule has 1 heterocycles. The first-order valence-electron chi connectivity index (χ1n) is 5.75. The van der Waals surface area contributed by atoms with Gasteiger partial charge in [0.05, 0.1) is 18.6 Å². The molecule has 1 fully saturated rings. The topological polar surface area (TPSA) is 62.5 Å². The maximum atomic E-state index is 11.5. The van der Waals surface area contributed by atoms with E-state index >= 15 is 0 Å². The van der Waals surface area contributed by atoms with Crippen LogP contribution in [0.1, 0.15) is 37.4 Å². The Kier molecular flexibility index (Phi) is 3.62. The monoisotopic (exact) mass is 223 g/mol. The van der Waals surface area contributed by atoms with E-state index in [4.69, 9.17) is 4.42 Å². The van der Waals surface area contributed by atoms with Crippen molar-refractivity contribution < 1.29 is 14.3 Å². The first kappa shape index (κ1) is 11.2. The number of hydrogen-bond acceptors (Lipinski definition) is 3. The molecule has 0 spiro atoms. The lowest BCUT2D eigenvalue weighted by atomic mass is 9.85. The van der Waals surface area contributed by atoms with Crippen molar-refractivity contribution >= 4 is 5.91 Å². The minimum absolute atomic E-state index is 0.130. The minimum atomic E-state index is -0.555. The number of aliphatic hydroxyl groups excluding tert-OH is 1. The zero-order chi connectivity index (χ0) is 11.4. The van der Waals surface area contributed by atoms with Crippen LogP contribution in [0.15, 0.2) is 23.0 Å². The molecule has 2 rings (SSSR count). The van der Waals surface area contributed by atoms with Crippen molar-refractivity contribution in [2.75, 3.05) is 6.54 Å². The number of aliphatic hydroxyl groups is 1. The molecule has 0 aliphatic heterocycles. The Hall–Kier alpha value is -1.29. The number of amides is 1. The van der Waals surface area contributed by atoms with Gasteiger partial charge in [-0.25, -0.2) is 0 Å². The molecule has 1 aliphatic carbocycles. The number of nitrogens with one attached hydrogen (secondary N) is 1. The second-order valence-electron chi connectivity index (χ2n) is 4.28. The van der Waals surface area contributed by atoms with Gasteiger partial charge < -0.3 is 14.8 Å². The highest BCUT2D eigenvalue weighted by Gasteiger charge is 2.24. The summed E-state index contributed by atoms with van der Waals surface area (Å²) in [4.78, 5) is 11.5. The minimum Gasteiger partial charge on any atom is -0.472 e. The standard InChI is InChI=1S/C12H17NO3/c14-11(10-5-7-16-8-10)4-6-13-12(15)9-2-1-3-9/h5,7-9,11,14H,1-4,6H2,(H,13,15)/t11-/m1/s1. The first-order chi connectivity index (χ1) is 7.77. The van der Waals surface area contributed by atoms with Gasteiger partial charge in [0.25, 0.3) is 0 Å². The Labute approximate surface area is 94.6 Å². The fourth-order valence-corrected chi connectivity index (χ4v) is 1.78. The van der Waals surface area contributed by atoms with E-state index in [9.17, 15) is 9.90 Å². The average Bonchev–Trinajstić information content (AvgIpc) is 2.67. The van der Waals surface area contributed by atoms with Crippen molar-refractivity contribution in [2.45, 2.75) is 31.8 Å². The summed E-state index contributed by atoms with van der Waals surface area (Å²) >= 11 is 0. The van der Waals surface area contributed by atoms with E-state index in [1.54, 1.807) is 6.07 Å². The molecule has 1 atom stereocenters. The Balaban J connectivity index is 1.65. The summed E-state index contributed by atoms with van der Waals surface area (Å²) < 4.78 is 4.88. The predicted molar refractivity (Wildman–Crippen MR) is 58.6 cm³/mol. The third-order valence-corrected chi connectivity index (χ3v) is 3.12. The Morgan fingerprint density at radius 2 is 2.44 bits per heavy atom. The summed E-state index contributed by atoms with van der Waals surface area (Å²) in [5.74, 6) is 0.344. The molecule has 0 bridgehead atoms. The van der Waals surface area contributed by atoms with Crippen molar-refractivity contribution in [1.82, 2.24) is 5.32 Å². The van der Waals surface area contributed by atoms with Crippen LogP contribution in [0.2, 0.25) is 0 Å². The maximum Gasteiger partial charge on any atom is 0.223 e. The number of carbonyl (C=O) groups excluding carboxylic acids is 1. The van der Waals surface area contributed by atoms with Gasteiger partial charge in [-0.15, -0.1) is 0 Å². The van der Waals surface area contributed by atoms with Gasteiger partial charge in [-0.05, 0) is 25.3 Å². The molecular weight excluding hydrogens is 206 g/mol. The molecule has 16 heavy (non-hydrogen) atoms. The molecule has 88 valence electrons. The second kappa shape index (κ2) is 5.16. The summed E-state index contributed by atoms with van der Waals surface area (Å²) in [6, 6.07) is 1.73. The van der Waals surface area contributed by atoms with E-state index in [0.29, 0.717) is 13.0 Å². The number of hydrogen-bond donors (Lipinski definition) is 2. The summed E-state index contributed by atoms with van der Waals surface area (Å²) in [6.07, 6.45) is 6.21. The molecule has 1 aromatic heterocycles. The van der Waals surface area contributed by atoms with Gasteiger partial charge in [-0.2, -0.15) is 0 Å². The molecule has 1 aliphatic rings. The summed E-state index contributed by atoms with van der Waals surface area (Å²) in [5, 5.41) is 12.6. The largest absolute Gasteiger partial charge is 0.472 e. The highest BCUT2D eigenvalue weighted by Crippen LogP contribution is 2.26. The van der Waals surface area contributed by atoms with E-state index in [-0.39, 0.29) is 11.8 Å². The molecule has 1 aromatic rings. The fourth-order valence-electron chi connectivity index (χ4n) is 1.78. The second-order valence-corrected chi connectivity index (χ2v) is 4.28. The average molecular weight is 223 g/mol. The quantitative estimate of drug-likeness (QED) is 0.797. The number of furan rings is 1. The van der Waals surface area contributed by atoms with Crippen LogP contribution in [-0.4, -0.2) is 17.6 Å². The molecule has 0 saturated heterocycles. The molecule has 1 amide bonds. The van der Waals surface area contributed by atoms with E-state index in [0.717, 1.165) is 24.8 Å². The molecule has 1 saturated carbocycles. The lowest BCUT2D eigenvalue weighted by Crippen LogP contribution is -2.35. The van der Waals surface area contributed by atoms with E-state index in [1.807, 2.05) is 0 Å². The van der Waals surface area contributed by atoms with Crippen LogP contribution in [0, 0.1) is 5.92 Å². The highest BCUT2D eigenvalue weighted by molar-refractivity contribution is 5.79. The van der Waals surface area contributed by atoms with Gasteiger partial charge in [0.15, 0.2) is 0 Å². The number of rotatable bonds is 5. The smallest absolute Gasteiger partial charge is 0.223 e. The van der Waals surface area contributed by atoms with Crippen molar-refractivity contribution in [3.8, 4) is 0 Å². The van der Waals surface area contributed by atoms with Gasteiger partial charge in [0.1, 0.15) is 0 Å². The van der Waals surface area contributed by atoms with Crippen LogP contribution in [-0.2, 0) is 4.79 Å². The van der Waals surface area contributed by atoms with Crippen molar-refractivity contribution in [2.24, 2.45) is 5.92 Å². The first-order valence-corrected chi connectivity index (χ1v) is 5.75. The molecule has 0 unspecified atom stereocenters. The summed E-state index contributed by atoms with van der Waals surface area (Å²) in [5.41, 5.74) is 0.762. The van der Waals surface area contributed by atoms with Gasteiger partial charge in [-0.1, -0.05) is 6.42 Å². The van der Waals surface area contributed by atoms with Crippen molar-refractivity contribution in [3.05, 3.63) is 24.2 Å². The Morgan fingerprint density at radius 1 is 1.62 bits per heavy atom. The summed E-state index contributed by atoms with van der Waals surface area (Å²) in [7, 11) is 0. The normalized spacial score (nSPS) is 17.8. The predicted octanol–water partition coefficient (Wildman–Crippen LogP) is 1.62. The zero-order valence-corrected chi connectivity index (χ0v) is 9.19. The van der Waals surface area contributed by atoms with E-state index in [1.165, 1.54) is 12.5 Å². The highest BCUT2D eigenvalue weighted by atomic mass is 16.3. The van der Waals surface area contributed by atoms with Crippen LogP contribution in [0.3, 0.4) is 0 Å². The maximum absolute atomic E-state index is 11.5. The third-order valence-electron chi connectivity index (χ3n) is 3.12. The molecule has 4 nitrogen and oxygen atoms in total. The molecule has 4 heteroatoms. The molecular formula is C12H17NO3. The number of carbonyl (C=O) groups is 1. The van der Waals surface area contributed by atoms with Gasteiger partial charge in [0.2, 0.25) is 5.91 Å². The van der Waals surface area contributed by atoms with Crippen LogP contribution in [0.5, 0.6) is 0 Å². The Bertz CT molecular complexity index is 330. The summed E-state index contributed by atoms with van der Waals surface area (Å²) in [6.45, 7) is 0.516. The van der Waals surface area contributed by atoms with Crippen molar-refractivity contribution in [1.29, 1.82) is 0 Å². The lowest BCUT2D eigenvalue weighted by Gasteiger charge is -2.24. The molecule has 2 N–H and O–H groups in total. The molecule has 0 radical (unpaired) electrons. The zero-order valence-electron chi connectivity index (χ0n) is 9.19. The Morgan fingerprint density at radius 3 is 3.00 bits per heavy atom. The van der Waals surface area contributed by atoms with Crippen LogP contribution in [0.4, 0.5) is 0 Å². The van der Waals surface area contributed by atoms with Crippen LogP contribution < -0.4 is 5.32 Å².